The van der Waals surface area contributed by atoms with Crippen molar-refractivity contribution in [3.63, 3.8) is 0 Å². The molecule has 0 unspecified atom stereocenters. The van der Waals surface area contributed by atoms with Crippen LogP contribution < -0.4 is 0 Å². The molecule has 0 aromatic heterocycles. The summed E-state index contributed by atoms with van der Waals surface area (Å²) in [5.41, 5.74) is 1.32. The van der Waals surface area contributed by atoms with E-state index in [1.165, 1.54) is 12.7 Å². The summed E-state index contributed by atoms with van der Waals surface area (Å²) in [5.74, 6) is 2.19. The Bertz CT molecular complexity index is 372. The van der Waals surface area contributed by atoms with Gasteiger partial charge in [-0.15, -0.1) is 23.5 Å². The fourth-order valence-electron chi connectivity index (χ4n) is 1.97. The number of esters is 1. The lowest BCUT2D eigenvalue weighted by Gasteiger charge is -2.27. The highest BCUT2D eigenvalue weighted by atomic mass is 32.2. The van der Waals surface area contributed by atoms with Gasteiger partial charge < -0.3 is 4.74 Å². The third kappa shape index (κ3) is 2.99. The van der Waals surface area contributed by atoms with E-state index in [1.54, 1.807) is 0 Å². The molecular formula is C13H16O2S2. The first-order valence-electron chi connectivity index (χ1n) is 5.67. The highest BCUT2D eigenvalue weighted by molar-refractivity contribution is 8.20. The van der Waals surface area contributed by atoms with Gasteiger partial charge in [0, 0.05) is 17.9 Å². The molecule has 0 atom stereocenters. The van der Waals surface area contributed by atoms with Crippen LogP contribution in [0, 0.1) is 0 Å². The molecule has 0 aliphatic carbocycles. The topological polar surface area (TPSA) is 26.3 Å². The number of methoxy groups -OCH3 is 1. The first kappa shape index (κ1) is 12.8. The molecule has 1 aromatic carbocycles. The fourth-order valence-corrected chi connectivity index (χ4v) is 5.23. The van der Waals surface area contributed by atoms with E-state index in [2.05, 4.69) is 24.3 Å². The van der Waals surface area contributed by atoms with Gasteiger partial charge in [0.15, 0.2) is 0 Å². The van der Waals surface area contributed by atoms with Gasteiger partial charge in [-0.05, 0) is 12.0 Å². The van der Waals surface area contributed by atoms with E-state index in [4.69, 9.17) is 4.74 Å². The molecule has 2 nitrogen and oxygen atoms in total. The summed E-state index contributed by atoms with van der Waals surface area (Å²) < 4.78 is 4.78. The van der Waals surface area contributed by atoms with Crippen LogP contribution in [0.15, 0.2) is 30.3 Å². The molecule has 1 heterocycles. The van der Waals surface area contributed by atoms with Crippen molar-refractivity contribution in [3.8, 4) is 0 Å². The minimum atomic E-state index is -0.117. The lowest BCUT2D eigenvalue weighted by atomic mass is 10.1. The highest BCUT2D eigenvalue weighted by Gasteiger charge is 2.37. The Morgan fingerprint density at radius 1 is 1.29 bits per heavy atom. The van der Waals surface area contributed by atoms with Gasteiger partial charge in [-0.2, -0.15) is 0 Å². The summed E-state index contributed by atoms with van der Waals surface area (Å²) in [4.78, 5) is 11.3. The Morgan fingerprint density at radius 3 is 2.53 bits per heavy atom. The van der Waals surface area contributed by atoms with E-state index in [1.807, 2.05) is 29.6 Å². The Kier molecular flexibility index (Phi) is 4.40. The lowest BCUT2D eigenvalue weighted by Crippen LogP contribution is -2.17. The maximum absolute atomic E-state index is 11.3. The van der Waals surface area contributed by atoms with Crippen LogP contribution in [0.3, 0.4) is 0 Å². The van der Waals surface area contributed by atoms with Crippen molar-refractivity contribution >= 4 is 29.5 Å². The van der Waals surface area contributed by atoms with Crippen LogP contribution in [0.1, 0.15) is 18.4 Å². The molecule has 0 spiro atoms. The molecule has 0 radical (unpaired) electrons. The zero-order valence-electron chi connectivity index (χ0n) is 9.85. The molecule has 1 aliphatic rings. The molecule has 0 N–H and O–H groups in total. The predicted octanol–water partition coefficient (Wildman–Crippen LogP) is 3.27. The SMILES string of the molecule is COC(=O)CCC1(c2ccccc2)SCCS1. The molecule has 17 heavy (non-hydrogen) atoms. The van der Waals surface area contributed by atoms with E-state index < -0.39 is 0 Å². The monoisotopic (exact) mass is 268 g/mol. The first-order chi connectivity index (χ1) is 8.27. The number of ether oxygens (including phenoxy) is 1. The average molecular weight is 268 g/mol. The van der Waals surface area contributed by atoms with Crippen molar-refractivity contribution in [2.75, 3.05) is 18.6 Å². The Labute approximate surface area is 111 Å². The molecule has 1 aliphatic heterocycles. The van der Waals surface area contributed by atoms with Crippen molar-refractivity contribution in [2.24, 2.45) is 0 Å². The summed E-state index contributed by atoms with van der Waals surface area (Å²) in [5, 5.41) is 0. The Morgan fingerprint density at radius 2 is 1.94 bits per heavy atom. The number of thioether (sulfide) groups is 2. The number of hydrogen-bond donors (Lipinski definition) is 0. The highest BCUT2D eigenvalue weighted by Crippen LogP contribution is 2.54. The van der Waals surface area contributed by atoms with Gasteiger partial charge in [0.2, 0.25) is 0 Å². The van der Waals surface area contributed by atoms with Gasteiger partial charge in [-0.25, -0.2) is 0 Å². The standard InChI is InChI=1S/C13H16O2S2/c1-15-12(14)7-8-13(16-9-10-17-13)11-5-3-2-4-6-11/h2-6H,7-10H2,1H3. The summed E-state index contributed by atoms with van der Waals surface area (Å²) in [6.45, 7) is 0. The molecule has 1 saturated heterocycles. The molecule has 0 amide bonds. The summed E-state index contributed by atoms with van der Waals surface area (Å²) >= 11 is 3.90. The van der Waals surface area contributed by atoms with Gasteiger partial charge in [0.1, 0.15) is 0 Å². The zero-order valence-corrected chi connectivity index (χ0v) is 11.5. The van der Waals surface area contributed by atoms with Crippen molar-refractivity contribution in [1.82, 2.24) is 0 Å². The summed E-state index contributed by atoms with van der Waals surface area (Å²) in [7, 11) is 1.45. The fraction of sp³-hybridized carbons (Fsp3) is 0.462. The maximum Gasteiger partial charge on any atom is 0.305 e. The number of benzene rings is 1. The van der Waals surface area contributed by atoms with Gasteiger partial charge in [-0.3, -0.25) is 4.79 Å². The van der Waals surface area contributed by atoms with Crippen molar-refractivity contribution in [3.05, 3.63) is 35.9 Å². The van der Waals surface area contributed by atoms with Crippen LogP contribution in [0.25, 0.3) is 0 Å². The maximum atomic E-state index is 11.3. The number of carbonyl (C=O) groups excluding carboxylic acids is 1. The molecule has 92 valence electrons. The second kappa shape index (κ2) is 5.83. The summed E-state index contributed by atoms with van der Waals surface area (Å²) in [6.07, 6.45) is 1.34. The lowest BCUT2D eigenvalue weighted by molar-refractivity contribution is -0.140. The molecule has 4 heteroatoms. The largest absolute Gasteiger partial charge is 0.469 e. The smallest absolute Gasteiger partial charge is 0.305 e. The molecular weight excluding hydrogens is 252 g/mol. The van der Waals surface area contributed by atoms with E-state index in [-0.39, 0.29) is 10.0 Å². The normalized spacial score (nSPS) is 17.9. The average Bonchev–Trinajstić information content (AvgIpc) is 2.87. The van der Waals surface area contributed by atoms with Gasteiger partial charge >= 0.3 is 5.97 Å². The Hall–Kier alpha value is -0.610. The quantitative estimate of drug-likeness (QED) is 0.783. The second-order valence-electron chi connectivity index (χ2n) is 3.89. The van der Waals surface area contributed by atoms with Gasteiger partial charge in [0.25, 0.3) is 0 Å². The molecule has 1 aromatic rings. The van der Waals surface area contributed by atoms with Crippen LogP contribution in [0.5, 0.6) is 0 Å². The number of rotatable bonds is 4. The number of carbonyl (C=O) groups is 1. The van der Waals surface area contributed by atoms with Crippen LogP contribution in [0.4, 0.5) is 0 Å². The zero-order chi connectivity index (χ0) is 12.1. The second-order valence-corrected chi connectivity index (χ2v) is 6.94. The predicted molar refractivity (Wildman–Crippen MR) is 74.3 cm³/mol. The Balaban J connectivity index is 2.13. The van der Waals surface area contributed by atoms with Crippen LogP contribution >= 0.6 is 23.5 Å². The number of hydrogen-bond acceptors (Lipinski definition) is 4. The van der Waals surface area contributed by atoms with Crippen molar-refractivity contribution in [2.45, 2.75) is 16.9 Å². The molecule has 0 saturated carbocycles. The van der Waals surface area contributed by atoms with E-state index in [0.717, 1.165) is 17.9 Å². The van der Waals surface area contributed by atoms with E-state index in [0.29, 0.717) is 6.42 Å². The molecule has 0 bridgehead atoms. The first-order valence-corrected chi connectivity index (χ1v) is 7.64. The van der Waals surface area contributed by atoms with E-state index in [9.17, 15) is 4.79 Å². The van der Waals surface area contributed by atoms with Crippen molar-refractivity contribution < 1.29 is 9.53 Å². The van der Waals surface area contributed by atoms with Gasteiger partial charge in [-0.1, -0.05) is 30.3 Å². The van der Waals surface area contributed by atoms with Crippen molar-refractivity contribution in [1.29, 1.82) is 0 Å². The van der Waals surface area contributed by atoms with Crippen LogP contribution in [-0.2, 0) is 13.6 Å². The third-order valence-corrected chi connectivity index (χ3v) is 6.45. The van der Waals surface area contributed by atoms with Crippen LogP contribution in [-0.4, -0.2) is 24.6 Å². The summed E-state index contributed by atoms with van der Waals surface area (Å²) in [6, 6.07) is 10.5. The van der Waals surface area contributed by atoms with E-state index >= 15 is 0 Å². The molecule has 2 rings (SSSR count). The molecule has 1 fully saturated rings. The third-order valence-electron chi connectivity index (χ3n) is 2.85. The minimum absolute atomic E-state index is 0.0510. The van der Waals surface area contributed by atoms with Crippen LogP contribution in [0.2, 0.25) is 0 Å². The minimum Gasteiger partial charge on any atom is -0.469 e. The van der Waals surface area contributed by atoms with Gasteiger partial charge in [0.05, 0.1) is 11.2 Å².